The number of carbonyl (C=O) groups is 2. The maximum atomic E-state index is 12.4. The summed E-state index contributed by atoms with van der Waals surface area (Å²) in [6.07, 6.45) is 12.1. The van der Waals surface area contributed by atoms with Crippen molar-refractivity contribution >= 4 is 23.3 Å². The van der Waals surface area contributed by atoms with Crippen LogP contribution in [-0.2, 0) is 9.59 Å². The highest BCUT2D eigenvalue weighted by molar-refractivity contribution is 5.99. The number of hydrogen-bond donors (Lipinski definition) is 2. The van der Waals surface area contributed by atoms with Gasteiger partial charge in [0, 0.05) is 11.8 Å². The van der Waals surface area contributed by atoms with E-state index in [1.165, 1.54) is 19.0 Å². The zero-order valence-electron chi connectivity index (χ0n) is 14.1. The number of rotatable bonds is 4. The predicted octanol–water partition coefficient (Wildman–Crippen LogP) is 3.51. The quantitative estimate of drug-likeness (QED) is 0.885. The van der Waals surface area contributed by atoms with E-state index in [0.29, 0.717) is 11.5 Å². The van der Waals surface area contributed by atoms with Gasteiger partial charge in [-0.1, -0.05) is 38.5 Å². The van der Waals surface area contributed by atoms with Gasteiger partial charge in [0.25, 0.3) is 0 Å². The minimum atomic E-state index is -0.0108. The molecule has 1 aromatic heterocycles. The molecule has 2 aliphatic rings. The molecular weight excluding hydrogens is 304 g/mol. The minimum absolute atomic E-state index is 0.0108. The third-order valence-electron chi connectivity index (χ3n) is 5.17. The van der Waals surface area contributed by atoms with Crippen molar-refractivity contribution in [1.29, 1.82) is 0 Å². The largest absolute Gasteiger partial charge is 0.323 e. The van der Waals surface area contributed by atoms with Crippen LogP contribution in [0.3, 0.4) is 0 Å². The molecule has 6 nitrogen and oxygen atoms in total. The Morgan fingerprint density at radius 1 is 0.833 bits per heavy atom. The van der Waals surface area contributed by atoms with Crippen molar-refractivity contribution in [1.82, 2.24) is 10.2 Å². The van der Waals surface area contributed by atoms with Crippen molar-refractivity contribution in [3.8, 4) is 0 Å². The van der Waals surface area contributed by atoms with E-state index < -0.39 is 0 Å². The Bertz CT molecular complexity index is 527. The summed E-state index contributed by atoms with van der Waals surface area (Å²) in [5, 5.41) is 13.7. The third-order valence-corrected chi connectivity index (χ3v) is 5.17. The van der Waals surface area contributed by atoms with Gasteiger partial charge in [-0.15, -0.1) is 5.10 Å². The molecule has 130 valence electrons. The second-order valence-electron chi connectivity index (χ2n) is 6.94. The Morgan fingerprint density at radius 2 is 1.38 bits per heavy atom. The first-order valence-electron chi connectivity index (χ1n) is 9.17. The summed E-state index contributed by atoms with van der Waals surface area (Å²) in [6.45, 7) is 0. The van der Waals surface area contributed by atoms with Crippen LogP contribution in [0.15, 0.2) is 12.3 Å². The molecular formula is C18H26N4O2. The molecule has 2 aliphatic carbocycles. The first kappa shape index (κ1) is 16.9. The molecule has 3 rings (SSSR count). The van der Waals surface area contributed by atoms with Crippen LogP contribution >= 0.6 is 0 Å². The predicted molar refractivity (Wildman–Crippen MR) is 92.4 cm³/mol. The van der Waals surface area contributed by atoms with E-state index in [1.54, 1.807) is 6.07 Å². The van der Waals surface area contributed by atoms with E-state index in [2.05, 4.69) is 20.8 Å². The SMILES string of the molecule is O=C(Nc1ccnnc1NC(=O)C1CCCCC1)C1CCCCC1. The van der Waals surface area contributed by atoms with Crippen LogP contribution in [0.1, 0.15) is 64.2 Å². The lowest BCUT2D eigenvalue weighted by atomic mass is 9.88. The highest BCUT2D eigenvalue weighted by Gasteiger charge is 2.24. The van der Waals surface area contributed by atoms with E-state index in [9.17, 15) is 9.59 Å². The highest BCUT2D eigenvalue weighted by atomic mass is 16.2. The van der Waals surface area contributed by atoms with E-state index in [4.69, 9.17) is 0 Å². The first-order valence-corrected chi connectivity index (χ1v) is 9.17. The van der Waals surface area contributed by atoms with Crippen molar-refractivity contribution in [2.75, 3.05) is 10.6 Å². The first-order chi connectivity index (χ1) is 11.7. The Kier molecular flexibility index (Phi) is 5.77. The van der Waals surface area contributed by atoms with Crippen LogP contribution < -0.4 is 10.6 Å². The molecule has 0 radical (unpaired) electrons. The number of nitrogens with one attached hydrogen (secondary N) is 2. The second kappa shape index (κ2) is 8.22. The van der Waals surface area contributed by atoms with Crippen molar-refractivity contribution in [2.45, 2.75) is 64.2 Å². The molecule has 0 unspecified atom stereocenters. The normalized spacial score (nSPS) is 19.7. The smallest absolute Gasteiger partial charge is 0.228 e. The number of carbonyl (C=O) groups excluding carboxylic acids is 2. The van der Waals surface area contributed by atoms with E-state index in [0.717, 1.165) is 51.4 Å². The molecule has 1 heterocycles. The van der Waals surface area contributed by atoms with Crippen molar-refractivity contribution in [3.63, 3.8) is 0 Å². The zero-order chi connectivity index (χ0) is 16.8. The van der Waals surface area contributed by atoms with Gasteiger partial charge in [0.05, 0.1) is 11.9 Å². The summed E-state index contributed by atoms with van der Waals surface area (Å²) in [5.41, 5.74) is 0.546. The van der Waals surface area contributed by atoms with Gasteiger partial charge in [-0.3, -0.25) is 9.59 Å². The Hall–Kier alpha value is -1.98. The van der Waals surface area contributed by atoms with Crippen LogP contribution in [0.2, 0.25) is 0 Å². The van der Waals surface area contributed by atoms with Gasteiger partial charge in [-0.25, -0.2) is 0 Å². The van der Waals surface area contributed by atoms with Crippen molar-refractivity contribution in [3.05, 3.63) is 12.3 Å². The summed E-state index contributed by atoms with van der Waals surface area (Å²) < 4.78 is 0. The average Bonchev–Trinajstić information content (AvgIpc) is 2.64. The number of amides is 2. The fraction of sp³-hybridized carbons (Fsp3) is 0.667. The van der Waals surface area contributed by atoms with Gasteiger partial charge in [0.1, 0.15) is 0 Å². The van der Waals surface area contributed by atoms with Gasteiger partial charge in [-0.05, 0) is 31.7 Å². The molecule has 0 aromatic carbocycles. The molecule has 0 bridgehead atoms. The molecule has 0 spiro atoms. The zero-order valence-corrected chi connectivity index (χ0v) is 14.1. The third kappa shape index (κ3) is 4.30. The molecule has 0 saturated heterocycles. The number of hydrogen-bond acceptors (Lipinski definition) is 4. The second-order valence-corrected chi connectivity index (χ2v) is 6.94. The Balaban J connectivity index is 1.63. The van der Waals surface area contributed by atoms with Gasteiger partial charge < -0.3 is 10.6 Å². The Labute approximate surface area is 142 Å². The summed E-state index contributed by atoms with van der Waals surface area (Å²) in [6, 6.07) is 1.70. The molecule has 2 fully saturated rings. The standard InChI is InChI=1S/C18H26N4O2/c23-17(13-7-3-1-4-8-13)20-15-11-12-19-22-16(15)21-18(24)14-9-5-2-6-10-14/h11-14H,1-10H2,(H,19,20,23)(H,21,22,24). The van der Waals surface area contributed by atoms with Crippen molar-refractivity contribution < 1.29 is 9.59 Å². The molecule has 2 N–H and O–H groups in total. The summed E-state index contributed by atoms with van der Waals surface area (Å²) >= 11 is 0. The van der Waals surface area contributed by atoms with E-state index >= 15 is 0 Å². The van der Waals surface area contributed by atoms with Crippen LogP contribution in [0, 0.1) is 11.8 Å². The molecule has 6 heteroatoms. The van der Waals surface area contributed by atoms with Crippen LogP contribution in [0.25, 0.3) is 0 Å². The monoisotopic (exact) mass is 330 g/mol. The minimum Gasteiger partial charge on any atom is -0.323 e. The number of anilines is 2. The molecule has 0 atom stereocenters. The van der Waals surface area contributed by atoms with Gasteiger partial charge in [-0.2, -0.15) is 5.10 Å². The van der Waals surface area contributed by atoms with Crippen molar-refractivity contribution in [2.24, 2.45) is 11.8 Å². The Morgan fingerprint density at radius 3 is 1.96 bits per heavy atom. The van der Waals surface area contributed by atoms with E-state index in [1.807, 2.05) is 0 Å². The number of aromatic nitrogens is 2. The number of nitrogens with zero attached hydrogens (tertiary/aromatic N) is 2. The van der Waals surface area contributed by atoms with E-state index in [-0.39, 0.29) is 23.7 Å². The fourth-order valence-corrected chi connectivity index (χ4v) is 3.71. The molecule has 2 saturated carbocycles. The lowest BCUT2D eigenvalue weighted by Crippen LogP contribution is -2.28. The van der Waals surface area contributed by atoms with Gasteiger partial charge >= 0.3 is 0 Å². The molecule has 24 heavy (non-hydrogen) atoms. The van der Waals surface area contributed by atoms with Crippen LogP contribution in [0.4, 0.5) is 11.5 Å². The summed E-state index contributed by atoms with van der Waals surface area (Å²) in [5.74, 6) is 0.480. The fourth-order valence-electron chi connectivity index (χ4n) is 3.71. The molecule has 0 aliphatic heterocycles. The van der Waals surface area contributed by atoms with Gasteiger partial charge in [0.15, 0.2) is 5.82 Å². The molecule has 2 amide bonds. The molecule has 1 aromatic rings. The lowest BCUT2D eigenvalue weighted by Gasteiger charge is -2.22. The summed E-state index contributed by atoms with van der Waals surface area (Å²) in [4.78, 5) is 24.9. The summed E-state index contributed by atoms with van der Waals surface area (Å²) in [7, 11) is 0. The topological polar surface area (TPSA) is 84.0 Å². The van der Waals surface area contributed by atoms with Gasteiger partial charge in [0.2, 0.25) is 11.8 Å². The van der Waals surface area contributed by atoms with Crippen LogP contribution in [0.5, 0.6) is 0 Å². The maximum absolute atomic E-state index is 12.4. The maximum Gasteiger partial charge on any atom is 0.228 e. The lowest BCUT2D eigenvalue weighted by molar-refractivity contribution is -0.121. The average molecular weight is 330 g/mol. The van der Waals surface area contributed by atoms with Crippen LogP contribution in [-0.4, -0.2) is 22.0 Å². The highest BCUT2D eigenvalue weighted by Crippen LogP contribution is 2.28.